The van der Waals surface area contributed by atoms with Gasteiger partial charge in [-0.1, -0.05) is 33.1 Å². The molecule has 0 aromatic rings. The van der Waals surface area contributed by atoms with Crippen LogP contribution in [0, 0.1) is 11.3 Å². The molecule has 3 rings (SSSR count). The van der Waals surface area contributed by atoms with E-state index in [1.807, 2.05) is 0 Å². The fourth-order valence-corrected chi connectivity index (χ4v) is 4.80. The highest BCUT2D eigenvalue weighted by Gasteiger charge is 2.53. The number of likely N-dealkylation sites (tertiary alicyclic amines) is 1. The molecule has 0 amide bonds. The molecule has 1 saturated heterocycles. The Hall–Kier alpha value is -0.0800. The molecule has 2 nitrogen and oxygen atoms in total. The molecule has 0 bridgehead atoms. The van der Waals surface area contributed by atoms with E-state index >= 15 is 0 Å². The molecule has 0 N–H and O–H groups in total. The molecule has 0 aromatic heterocycles. The summed E-state index contributed by atoms with van der Waals surface area (Å²) in [4.78, 5) is 5.42. The average Bonchev–Trinajstić information content (AvgIpc) is 2.29. The normalized spacial score (nSPS) is 33.0. The van der Waals surface area contributed by atoms with Gasteiger partial charge in [-0.15, -0.1) is 0 Å². The minimum absolute atomic E-state index is 0.749. The van der Waals surface area contributed by atoms with Gasteiger partial charge in [-0.2, -0.15) is 0 Å². The Bertz CT molecular complexity index is 307. The molecular formula is C18H34N2. The van der Waals surface area contributed by atoms with Crippen LogP contribution in [-0.2, 0) is 0 Å². The zero-order valence-corrected chi connectivity index (χ0v) is 13.9. The summed E-state index contributed by atoms with van der Waals surface area (Å²) in [5, 5.41) is 0. The first kappa shape index (κ1) is 14.8. The monoisotopic (exact) mass is 278 g/mol. The minimum Gasteiger partial charge on any atom is -0.302 e. The standard InChI is InChI=1S/C18H34N2/c1-4-5-6-7-8-20-13-18(14-20)11-17(12-18)19(3)16-9-15(2)10-16/h15-17H,4-14H2,1-3H3. The lowest BCUT2D eigenvalue weighted by Crippen LogP contribution is -2.67. The van der Waals surface area contributed by atoms with E-state index in [9.17, 15) is 0 Å². The first-order valence-electron chi connectivity index (χ1n) is 9.06. The van der Waals surface area contributed by atoms with Gasteiger partial charge in [-0.3, -0.25) is 0 Å². The zero-order valence-electron chi connectivity index (χ0n) is 13.9. The quantitative estimate of drug-likeness (QED) is 0.654. The van der Waals surface area contributed by atoms with Crippen LogP contribution >= 0.6 is 0 Å². The Morgan fingerprint density at radius 1 is 1.05 bits per heavy atom. The topological polar surface area (TPSA) is 6.48 Å². The second-order valence-electron chi connectivity index (χ2n) is 8.23. The molecule has 0 unspecified atom stereocenters. The van der Waals surface area contributed by atoms with E-state index < -0.39 is 0 Å². The van der Waals surface area contributed by atoms with Gasteiger partial charge in [0.05, 0.1) is 0 Å². The third-order valence-electron chi connectivity index (χ3n) is 6.28. The van der Waals surface area contributed by atoms with Gasteiger partial charge < -0.3 is 9.80 Å². The molecule has 1 heterocycles. The minimum atomic E-state index is 0.749. The Morgan fingerprint density at radius 2 is 1.75 bits per heavy atom. The van der Waals surface area contributed by atoms with Crippen molar-refractivity contribution in [3.8, 4) is 0 Å². The summed E-state index contributed by atoms with van der Waals surface area (Å²) in [5.41, 5.74) is 0.749. The van der Waals surface area contributed by atoms with Crippen LogP contribution in [0.4, 0.5) is 0 Å². The van der Waals surface area contributed by atoms with E-state index in [4.69, 9.17) is 0 Å². The smallest absolute Gasteiger partial charge is 0.0108 e. The van der Waals surface area contributed by atoms with Crippen molar-refractivity contribution in [2.45, 2.75) is 77.3 Å². The van der Waals surface area contributed by atoms with Crippen LogP contribution in [-0.4, -0.2) is 48.6 Å². The number of hydrogen-bond acceptors (Lipinski definition) is 2. The van der Waals surface area contributed by atoms with Crippen molar-refractivity contribution in [1.29, 1.82) is 0 Å². The maximum absolute atomic E-state index is 2.72. The van der Waals surface area contributed by atoms with Crippen molar-refractivity contribution in [3.63, 3.8) is 0 Å². The summed E-state index contributed by atoms with van der Waals surface area (Å²) in [5.74, 6) is 0.985. The molecule has 0 aromatic carbocycles. The van der Waals surface area contributed by atoms with Crippen LogP contribution in [0.2, 0.25) is 0 Å². The summed E-state index contributed by atoms with van der Waals surface area (Å²) in [6.45, 7) is 8.87. The van der Waals surface area contributed by atoms with Gasteiger partial charge in [0.2, 0.25) is 0 Å². The zero-order chi connectivity index (χ0) is 14.2. The lowest BCUT2D eigenvalue weighted by molar-refractivity contribution is -0.119. The van der Waals surface area contributed by atoms with Gasteiger partial charge in [-0.05, 0) is 57.0 Å². The van der Waals surface area contributed by atoms with Crippen LogP contribution in [0.15, 0.2) is 0 Å². The lowest BCUT2D eigenvalue weighted by Gasteiger charge is -2.62. The Balaban J connectivity index is 1.29. The number of nitrogens with zero attached hydrogens (tertiary/aromatic N) is 2. The molecular weight excluding hydrogens is 244 g/mol. The van der Waals surface area contributed by atoms with Gasteiger partial charge in [0.15, 0.2) is 0 Å². The molecule has 20 heavy (non-hydrogen) atoms. The predicted octanol–water partition coefficient (Wildman–Crippen LogP) is 3.76. The number of unbranched alkanes of at least 4 members (excludes halogenated alkanes) is 3. The maximum Gasteiger partial charge on any atom is 0.0108 e. The molecule has 1 spiro atoms. The molecule has 2 saturated carbocycles. The van der Waals surface area contributed by atoms with Crippen LogP contribution in [0.1, 0.15) is 65.2 Å². The largest absolute Gasteiger partial charge is 0.302 e. The molecule has 2 heteroatoms. The van der Waals surface area contributed by atoms with Crippen LogP contribution in [0.25, 0.3) is 0 Å². The Kier molecular flexibility index (Phi) is 4.42. The van der Waals surface area contributed by atoms with E-state index in [0.717, 1.165) is 23.4 Å². The van der Waals surface area contributed by atoms with Crippen molar-refractivity contribution >= 4 is 0 Å². The molecule has 2 aliphatic carbocycles. The third-order valence-corrected chi connectivity index (χ3v) is 6.28. The van der Waals surface area contributed by atoms with Gasteiger partial charge in [0.25, 0.3) is 0 Å². The Morgan fingerprint density at radius 3 is 2.35 bits per heavy atom. The summed E-state index contributed by atoms with van der Waals surface area (Å²) in [6.07, 6.45) is 11.5. The van der Waals surface area contributed by atoms with Crippen LogP contribution in [0.5, 0.6) is 0 Å². The van der Waals surface area contributed by atoms with E-state index in [1.165, 1.54) is 71.0 Å². The lowest BCUT2D eigenvalue weighted by atomic mass is 9.59. The first-order chi connectivity index (χ1) is 9.62. The number of hydrogen-bond donors (Lipinski definition) is 0. The van der Waals surface area contributed by atoms with Gasteiger partial charge >= 0.3 is 0 Å². The van der Waals surface area contributed by atoms with Gasteiger partial charge in [-0.25, -0.2) is 0 Å². The molecule has 3 aliphatic rings. The fraction of sp³-hybridized carbons (Fsp3) is 1.00. The SMILES string of the molecule is CCCCCCN1CC2(CC(N(C)C3CC(C)C3)C2)C1. The molecule has 0 radical (unpaired) electrons. The van der Waals surface area contributed by atoms with E-state index in [0.29, 0.717) is 0 Å². The molecule has 1 aliphatic heterocycles. The number of rotatable bonds is 7. The van der Waals surface area contributed by atoms with Crippen molar-refractivity contribution < 1.29 is 0 Å². The van der Waals surface area contributed by atoms with E-state index in [-0.39, 0.29) is 0 Å². The highest BCUT2D eigenvalue weighted by molar-refractivity contribution is 5.08. The third kappa shape index (κ3) is 2.92. The van der Waals surface area contributed by atoms with E-state index in [1.54, 1.807) is 0 Å². The highest BCUT2D eigenvalue weighted by atomic mass is 15.2. The first-order valence-corrected chi connectivity index (χ1v) is 9.06. The Labute approximate surface area is 125 Å². The molecule has 3 fully saturated rings. The summed E-state index contributed by atoms with van der Waals surface area (Å²) in [7, 11) is 2.38. The summed E-state index contributed by atoms with van der Waals surface area (Å²) >= 11 is 0. The fourth-order valence-electron chi connectivity index (χ4n) is 4.80. The van der Waals surface area contributed by atoms with Crippen molar-refractivity contribution in [2.24, 2.45) is 11.3 Å². The van der Waals surface area contributed by atoms with Crippen molar-refractivity contribution in [2.75, 3.05) is 26.7 Å². The average molecular weight is 278 g/mol. The van der Waals surface area contributed by atoms with Crippen LogP contribution in [0.3, 0.4) is 0 Å². The van der Waals surface area contributed by atoms with Crippen molar-refractivity contribution in [1.82, 2.24) is 9.80 Å². The predicted molar refractivity (Wildman–Crippen MR) is 86.0 cm³/mol. The second-order valence-corrected chi connectivity index (χ2v) is 8.23. The van der Waals surface area contributed by atoms with Gasteiger partial charge in [0, 0.05) is 25.2 Å². The van der Waals surface area contributed by atoms with E-state index in [2.05, 4.69) is 30.7 Å². The molecule has 0 atom stereocenters. The maximum atomic E-state index is 2.72. The molecule has 116 valence electrons. The van der Waals surface area contributed by atoms with Crippen molar-refractivity contribution in [3.05, 3.63) is 0 Å². The highest BCUT2D eigenvalue weighted by Crippen LogP contribution is 2.51. The van der Waals surface area contributed by atoms with Crippen LogP contribution < -0.4 is 0 Å². The van der Waals surface area contributed by atoms with Gasteiger partial charge in [0.1, 0.15) is 0 Å². The summed E-state index contributed by atoms with van der Waals surface area (Å²) < 4.78 is 0. The second kappa shape index (κ2) is 5.96. The summed E-state index contributed by atoms with van der Waals surface area (Å²) in [6, 6.07) is 1.83.